The van der Waals surface area contributed by atoms with E-state index in [9.17, 15) is 9.90 Å². The van der Waals surface area contributed by atoms with Crippen LogP contribution >= 0.6 is 11.8 Å². The number of carbonyl (C=O) groups is 1. The van der Waals surface area contributed by atoms with Gasteiger partial charge in [0.2, 0.25) is 0 Å². The van der Waals surface area contributed by atoms with E-state index in [0.717, 1.165) is 17.9 Å². The predicted molar refractivity (Wildman–Crippen MR) is 84.5 cm³/mol. The molecule has 0 saturated carbocycles. The zero-order valence-corrected chi connectivity index (χ0v) is 13.7. The third-order valence-corrected chi connectivity index (χ3v) is 5.33. The molecule has 0 bridgehead atoms. The second-order valence-corrected chi connectivity index (χ2v) is 7.80. The van der Waals surface area contributed by atoms with Crippen molar-refractivity contribution in [3.8, 4) is 0 Å². The zero-order chi connectivity index (χ0) is 15.5. The maximum absolute atomic E-state index is 11.9. The standard InChI is InChI=1S/C15H24N2O3S/c1-11-5-6-12(20-11)15(3,19)10-17-13(18)16-9-14(2)7-4-8-21-14/h5-6,19H,4,7-10H2,1-3H3,(H2,16,17,18). The molecule has 2 amide bonds. The Morgan fingerprint density at radius 1 is 1.52 bits per heavy atom. The average molecular weight is 312 g/mol. The molecule has 118 valence electrons. The summed E-state index contributed by atoms with van der Waals surface area (Å²) in [5, 5.41) is 15.9. The maximum atomic E-state index is 11.9. The lowest BCUT2D eigenvalue weighted by Crippen LogP contribution is -2.46. The van der Waals surface area contributed by atoms with Gasteiger partial charge >= 0.3 is 6.03 Å². The molecular weight excluding hydrogens is 288 g/mol. The van der Waals surface area contributed by atoms with Crippen LogP contribution in [0.3, 0.4) is 0 Å². The number of amides is 2. The lowest BCUT2D eigenvalue weighted by Gasteiger charge is -2.24. The van der Waals surface area contributed by atoms with Gasteiger partial charge in [-0.05, 0) is 51.5 Å². The first-order chi connectivity index (χ1) is 9.81. The molecule has 0 radical (unpaired) electrons. The Hall–Kier alpha value is -1.14. The van der Waals surface area contributed by atoms with Crippen LogP contribution in [0.5, 0.6) is 0 Å². The van der Waals surface area contributed by atoms with Gasteiger partial charge in [0.25, 0.3) is 0 Å². The third-order valence-electron chi connectivity index (χ3n) is 3.79. The van der Waals surface area contributed by atoms with Gasteiger partial charge in [0, 0.05) is 11.3 Å². The number of furan rings is 1. The molecule has 1 aromatic heterocycles. The molecular formula is C15H24N2O3S. The molecule has 1 aromatic rings. The third kappa shape index (κ3) is 4.41. The summed E-state index contributed by atoms with van der Waals surface area (Å²) in [6, 6.07) is 3.26. The van der Waals surface area contributed by atoms with Crippen molar-refractivity contribution >= 4 is 17.8 Å². The number of thioether (sulfide) groups is 1. The molecule has 5 nitrogen and oxygen atoms in total. The number of hydrogen-bond acceptors (Lipinski definition) is 4. The fourth-order valence-corrected chi connectivity index (χ4v) is 3.61. The van der Waals surface area contributed by atoms with Crippen LogP contribution in [0.25, 0.3) is 0 Å². The summed E-state index contributed by atoms with van der Waals surface area (Å²) < 4.78 is 5.55. The summed E-state index contributed by atoms with van der Waals surface area (Å²) in [6.45, 7) is 6.37. The van der Waals surface area contributed by atoms with Crippen molar-refractivity contribution in [1.82, 2.24) is 10.6 Å². The van der Waals surface area contributed by atoms with Gasteiger partial charge in [0.15, 0.2) is 0 Å². The Bertz CT molecular complexity index is 493. The van der Waals surface area contributed by atoms with Crippen LogP contribution in [-0.4, -0.2) is 34.7 Å². The van der Waals surface area contributed by atoms with E-state index >= 15 is 0 Å². The Morgan fingerprint density at radius 3 is 2.86 bits per heavy atom. The van der Waals surface area contributed by atoms with Gasteiger partial charge in [-0.1, -0.05) is 0 Å². The summed E-state index contributed by atoms with van der Waals surface area (Å²) >= 11 is 1.90. The zero-order valence-electron chi connectivity index (χ0n) is 12.9. The topological polar surface area (TPSA) is 74.5 Å². The molecule has 2 unspecified atom stereocenters. The molecule has 1 saturated heterocycles. The van der Waals surface area contributed by atoms with Crippen LogP contribution in [0.1, 0.15) is 38.2 Å². The Kier molecular flexibility index (Phi) is 4.88. The molecule has 3 N–H and O–H groups in total. The minimum Gasteiger partial charge on any atom is -0.463 e. The van der Waals surface area contributed by atoms with Crippen molar-refractivity contribution < 1.29 is 14.3 Å². The monoisotopic (exact) mass is 312 g/mol. The van der Waals surface area contributed by atoms with Crippen LogP contribution in [0.4, 0.5) is 4.79 Å². The number of carbonyl (C=O) groups excluding carboxylic acids is 1. The fraction of sp³-hybridized carbons (Fsp3) is 0.667. The van der Waals surface area contributed by atoms with E-state index in [-0.39, 0.29) is 17.3 Å². The Balaban J connectivity index is 1.78. The summed E-state index contributed by atoms with van der Waals surface area (Å²) in [5.74, 6) is 2.35. The van der Waals surface area contributed by atoms with Crippen LogP contribution in [-0.2, 0) is 5.60 Å². The first-order valence-electron chi connectivity index (χ1n) is 7.26. The van der Waals surface area contributed by atoms with Crippen LogP contribution in [0.2, 0.25) is 0 Å². The van der Waals surface area contributed by atoms with E-state index in [0.29, 0.717) is 12.3 Å². The van der Waals surface area contributed by atoms with E-state index in [2.05, 4.69) is 17.6 Å². The molecule has 1 aliphatic heterocycles. The minimum atomic E-state index is -1.21. The van der Waals surface area contributed by atoms with Gasteiger partial charge in [-0.25, -0.2) is 4.79 Å². The highest BCUT2D eigenvalue weighted by atomic mass is 32.2. The van der Waals surface area contributed by atoms with Crippen molar-refractivity contribution in [3.05, 3.63) is 23.7 Å². The van der Waals surface area contributed by atoms with Gasteiger partial charge in [0.05, 0.1) is 6.54 Å². The molecule has 1 fully saturated rings. The van der Waals surface area contributed by atoms with Gasteiger partial charge in [-0.2, -0.15) is 11.8 Å². The van der Waals surface area contributed by atoms with Crippen molar-refractivity contribution in [2.24, 2.45) is 0 Å². The molecule has 21 heavy (non-hydrogen) atoms. The molecule has 2 heterocycles. The van der Waals surface area contributed by atoms with Crippen molar-refractivity contribution in [1.29, 1.82) is 0 Å². The number of nitrogens with one attached hydrogen (secondary N) is 2. The number of aryl methyl sites for hydroxylation is 1. The van der Waals surface area contributed by atoms with Crippen LogP contribution in [0.15, 0.2) is 16.5 Å². The highest BCUT2D eigenvalue weighted by Gasteiger charge is 2.31. The van der Waals surface area contributed by atoms with Gasteiger partial charge < -0.3 is 20.2 Å². The molecule has 1 aliphatic rings. The van der Waals surface area contributed by atoms with E-state index in [1.54, 1.807) is 19.1 Å². The average Bonchev–Trinajstić information content (AvgIpc) is 3.04. The molecule has 0 aliphatic carbocycles. The molecule has 0 spiro atoms. The summed E-state index contributed by atoms with van der Waals surface area (Å²) in [5.41, 5.74) is -1.21. The summed E-state index contributed by atoms with van der Waals surface area (Å²) in [4.78, 5) is 11.9. The predicted octanol–water partition coefficient (Wildman–Crippen LogP) is 2.38. The number of urea groups is 1. The van der Waals surface area contributed by atoms with Gasteiger partial charge in [-0.3, -0.25) is 0 Å². The maximum Gasteiger partial charge on any atom is 0.314 e. The fourth-order valence-electron chi connectivity index (χ4n) is 2.37. The molecule has 2 atom stereocenters. The van der Waals surface area contributed by atoms with Crippen LogP contribution < -0.4 is 10.6 Å². The minimum absolute atomic E-state index is 0.107. The quantitative estimate of drug-likeness (QED) is 0.780. The highest BCUT2D eigenvalue weighted by Crippen LogP contribution is 2.36. The number of hydrogen-bond donors (Lipinski definition) is 3. The van der Waals surface area contributed by atoms with E-state index in [4.69, 9.17) is 4.42 Å². The van der Waals surface area contributed by atoms with E-state index < -0.39 is 5.60 Å². The number of rotatable bonds is 5. The first kappa shape index (κ1) is 16.2. The summed E-state index contributed by atoms with van der Waals surface area (Å²) in [7, 11) is 0. The van der Waals surface area contributed by atoms with Crippen molar-refractivity contribution in [2.45, 2.75) is 44.0 Å². The second kappa shape index (κ2) is 6.32. The Labute approximate surface area is 129 Å². The SMILES string of the molecule is Cc1ccc(C(C)(O)CNC(=O)NCC2(C)CCCS2)o1. The molecule has 6 heteroatoms. The molecule has 0 aromatic carbocycles. The van der Waals surface area contributed by atoms with Crippen molar-refractivity contribution in [3.63, 3.8) is 0 Å². The summed E-state index contributed by atoms with van der Waals surface area (Å²) in [6.07, 6.45) is 2.33. The van der Waals surface area contributed by atoms with Crippen LogP contribution in [0, 0.1) is 6.92 Å². The second-order valence-electron chi connectivity index (χ2n) is 6.12. The Morgan fingerprint density at radius 2 is 2.29 bits per heavy atom. The van der Waals surface area contributed by atoms with Crippen molar-refractivity contribution in [2.75, 3.05) is 18.8 Å². The lowest BCUT2D eigenvalue weighted by atomic mass is 10.0. The first-order valence-corrected chi connectivity index (χ1v) is 8.24. The molecule has 2 rings (SSSR count). The number of aliphatic hydroxyl groups is 1. The highest BCUT2D eigenvalue weighted by molar-refractivity contribution is 8.00. The normalized spacial score (nSPS) is 24.6. The smallest absolute Gasteiger partial charge is 0.314 e. The van der Waals surface area contributed by atoms with Gasteiger partial charge in [0.1, 0.15) is 17.1 Å². The van der Waals surface area contributed by atoms with E-state index in [1.807, 2.05) is 18.7 Å². The van der Waals surface area contributed by atoms with Gasteiger partial charge in [-0.15, -0.1) is 0 Å². The lowest BCUT2D eigenvalue weighted by molar-refractivity contribution is 0.0360. The largest absolute Gasteiger partial charge is 0.463 e. The van der Waals surface area contributed by atoms with E-state index in [1.165, 1.54) is 6.42 Å².